The van der Waals surface area contributed by atoms with Gasteiger partial charge >= 0.3 is 21.7 Å². The van der Waals surface area contributed by atoms with Crippen molar-refractivity contribution in [2.75, 3.05) is 12.3 Å². The summed E-state index contributed by atoms with van der Waals surface area (Å²) in [6, 6.07) is 24.5. The predicted molar refractivity (Wildman–Crippen MR) is 135 cm³/mol. The van der Waals surface area contributed by atoms with Gasteiger partial charge in [-0.25, -0.2) is 0 Å². The molecular formula is C28H35Cl2PTi. The minimum absolute atomic E-state index is 0. The first-order chi connectivity index (χ1) is 14.1. The SMILES string of the molecule is CCCCP(CCCC)c1cc2ccccc2[cH-]1.Cc1ccc(C)c2[cH-]ccc12.[Cl-].[Cl-].[Ti+4]. The number of benzene rings is 2. The van der Waals surface area contributed by atoms with Crippen LogP contribution in [0.4, 0.5) is 0 Å². The van der Waals surface area contributed by atoms with Crippen LogP contribution >= 0.6 is 7.92 Å². The van der Waals surface area contributed by atoms with Gasteiger partial charge in [0.15, 0.2) is 0 Å². The molecule has 0 atom stereocenters. The number of aryl methyl sites for hydroxylation is 2. The molecule has 0 unspecified atom stereocenters. The molecule has 4 aromatic carbocycles. The van der Waals surface area contributed by atoms with Crippen molar-refractivity contribution in [2.24, 2.45) is 0 Å². The van der Waals surface area contributed by atoms with Crippen LogP contribution in [-0.2, 0) is 21.7 Å². The summed E-state index contributed by atoms with van der Waals surface area (Å²) in [5.41, 5.74) is 2.74. The van der Waals surface area contributed by atoms with Gasteiger partial charge in [0.05, 0.1) is 0 Å². The van der Waals surface area contributed by atoms with E-state index in [0.717, 1.165) is 0 Å². The van der Waals surface area contributed by atoms with Crippen molar-refractivity contribution < 1.29 is 46.5 Å². The Hall–Kier alpha value is -0.616. The molecule has 0 saturated heterocycles. The smallest absolute Gasteiger partial charge is 1.00 e. The molecule has 0 fully saturated rings. The Morgan fingerprint density at radius 2 is 1.44 bits per heavy atom. The maximum absolute atomic E-state index is 2.44. The second-order valence-electron chi connectivity index (χ2n) is 8.09. The van der Waals surface area contributed by atoms with Gasteiger partial charge in [0, 0.05) is 0 Å². The first-order valence-corrected chi connectivity index (χ1v) is 12.9. The monoisotopic (exact) mass is 520 g/mol. The summed E-state index contributed by atoms with van der Waals surface area (Å²) in [5.74, 6) is 0. The van der Waals surface area contributed by atoms with Gasteiger partial charge in [0.1, 0.15) is 0 Å². The van der Waals surface area contributed by atoms with Crippen LogP contribution in [0.2, 0.25) is 0 Å². The zero-order chi connectivity index (χ0) is 20.6. The van der Waals surface area contributed by atoms with Crippen LogP contribution in [0.5, 0.6) is 0 Å². The summed E-state index contributed by atoms with van der Waals surface area (Å²) in [6.07, 6.45) is 8.26. The van der Waals surface area contributed by atoms with Crippen LogP contribution in [0.25, 0.3) is 21.5 Å². The molecule has 4 heteroatoms. The molecule has 0 heterocycles. The number of fused-ring (bicyclic) bond motifs is 2. The van der Waals surface area contributed by atoms with Crippen LogP contribution in [0.15, 0.2) is 66.7 Å². The zero-order valence-corrected chi connectivity index (χ0v) is 23.8. The van der Waals surface area contributed by atoms with E-state index < -0.39 is 0 Å². The van der Waals surface area contributed by atoms with E-state index in [2.05, 4.69) is 94.4 Å². The average Bonchev–Trinajstić information content (AvgIpc) is 3.39. The topological polar surface area (TPSA) is 0 Å². The third kappa shape index (κ3) is 8.31. The third-order valence-corrected chi connectivity index (χ3v) is 8.48. The molecule has 0 bridgehead atoms. The second-order valence-corrected chi connectivity index (χ2v) is 10.6. The fourth-order valence-corrected chi connectivity index (χ4v) is 6.70. The standard InChI is InChI=1S/C17H24P.C11H11.2ClH.Ti/c1-3-5-11-18(12-6-4-2)17-13-15-9-7-8-10-16(15)14-17;1-8-6-7-9(2)11-5-3-4-10(8)11;;;/h7-10,13-14H,3-6,11-12H2,1-2H3;3-7H,1-2H3;2*1H;/q2*-1;;;+4/p-2. The van der Waals surface area contributed by atoms with Crippen LogP contribution in [0, 0.1) is 13.8 Å². The number of hydrogen-bond donors (Lipinski definition) is 0. The van der Waals surface area contributed by atoms with Crippen LogP contribution in [0.1, 0.15) is 50.7 Å². The maximum atomic E-state index is 2.44. The number of halogens is 2. The van der Waals surface area contributed by atoms with E-state index in [0.29, 0.717) is 0 Å². The van der Waals surface area contributed by atoms with Gasteiger partial charge in [-0.1, -0.05) is 59.2 Å². The van der Waals surface area contributed by atoms with E-state index in [4.69, 9.17) is 0 Å². The van der Waals surface area contributed by atoms with Gasteiger partial charge in [-0.05, 0) is 32.1 Å². The molecule has 0 amide bonds. The van der Waals surface area contributed by atoms with Crippen molar-refractivity contribution in [3.63, 3.8) is 0 Å². The van der Waals surface area contributed by atoms with E-state index in [1.165, 1.54) is 70.7 Å². The Labute approximate surface area is 223 Å². The molecule has 170 valence electrons. The molecule has 0 aliphatic carbocycles. The normalized spacial score (nSPS) is 10.2. The van der Waals surface area contributed by atoms with Gasteiger partial charge in [-0.15, -0.1) is 68.8 Å². The molecule has 0 saturated carbocycles. The number of hydrogen-bond acceptors (Lipinski definition) is 0. The van der Waals surface area contributed by atoms with Gasteiger partial charge in [-0.2, -0.15) is 18.2 Å². The summed E-state index contributed by atoms with van der Waals surface area (Å²) in [7, 11) is 0.0856. The van der Waals surface area contributed by atoms with Gasteiger partial charge in [-0.3, -0.25) is 0 Å². The van der Waals surface area contributed by atoms with Crippen molar-refractivity contribution in [1.82, 2.24) is 0 Å². The molecule has 32 heavy (non-hydrogen) atoms. The third-order valence-electron chi connectivity index (χ3n) is 5.78. The van der Waals surface area contributed by atoms with Gasteiger partial charge < -0.3 is 24.8 Å². The van der Waals surface area contributed by atoms with Crippen molar-refractivity contribution >= 4 is 34.8 Å². The molecule has 0 spiro atoms. The molecule has 0 radical (unpaired) electrons. The van der Waals surface area contributed by atoms with Gasteiger partial charge in [0.2, 0.25) is 0 Å². The van der Waals surface area contributed by atoms with E-state index >= 15 is 0 Å². The largest absolute Gasteiger partial charge is 4.00 e. The fraction of sp³-hybridized carbons (Fsp3) is 0.357. The fourth-order valence-electron chi connectivity index (χ4n) is 3.92. The molecule has 0 nitrogen and oxygen atoms in total. The minimum Gasteiger partial charge on any atom is -1.00 e. The average molecular weight is 521 g/mol. The predicted octanol–water partition coefficient (Wildman–Crippen LogP) is 2.45. The Morgan fingerprint density at radius 1 is 0.812 bits per heavy atom. The van der Waals surface area contributed by atoms with Crippen molar-refractivity contribution in [3.05, 3.63) is 77.9 Å². The molecule has 4 aromatic rings. The van der Waals surface area contributed by atoms with Crippen LogP contribution in [0.3, 0.4) is 0 Å². The van der Waals surface area contributed by atoms with E-state index in [1.54, 1.807) is 5.30 Å². The van der Waals surface area contributed by atoms with E-state index in [9.17, 15) is 0 Å². The first kappa shape index (κ1) is 31.4. The number of rotatable bonds is 7. The maximum Gasteiger partial charge on any atom is 4.00 e. The van der Waals surface area contributed by atoms with E-state index in [1.807, 2.05) is 0 Å². The number of unbranched alkanes of at least 4 members (excludes halogenated alkanes) is 2. The Morgan fingerprint density at radius 3 is 2.03 bits per heavy atom. The molecule has 0 aliphatic heterocycles. The van der Waals surface area contributed by atoms with Crippen molar-refractivity contribution in [2.45, 2.75) is 53.4 Å². The molecule has 0 N–H and O–H groups in total. The summed E-state index contributed by atoms with van der Waals surface area (Å²) in [4.78, 5) is 0. The first-order valence-electron chi connectivity index (χ1n) is 11.2. The molecule has 0 aliphatic rings. The van der Waals surface area contributed by atoms with Crippen LogP contribution < -0.4 is 30.1 Å². The van der Waals surface area contributed by atoms with E-state index in [-0.39, 0.29) is 54.5 Å². The van der Waals surface area contributed by atoms with Crippen molar-refractivity contribution in [1.29, 1.82) is 0 Å². The van der Waals surface area contributed by atoms with Gasteiger partial charge in [0.25, 0.3) is 0 Å². The van der Waals surface area contributed by atoms with Crippen LogP contribution in [-0.4, -0.2) is 12.3 Å². The quantitative estimate of drug-likeness (QED) is 0.199. The molecular weight excluding hydrogens is 486 g/mol. The molecule has 0 aromatic heterocycles. The second kappa shape index (κ2) is 16.1. The summed E-state index contributed by atoms with van der Waals surface area (Å²) in [6.45, 7) is 8.91. The Kier molecular flexibility index (Phi) is 15.8. The minimum atomic E-state index is 0. The Bertz CT molecular complexity index is 957. The summed E-state index contributed by atoms with van der Waals surface area (Å²) in [5, 5.41) is 7.27. The zero-order valence-electron chi connectivity index (χ0n) is 19.8. The summed E-state index contributed by atoms with van der Waals surface area (Å²) < 4.78 is 0. The molecule has 4 rings (SSSR count). The van der Waals surface area contributed by atoms with Crippen molar-refractivity contribution in [3.8, 4) is 0 Å². The summed E-state index contributed by atoms with van der Waals surface area (Å²) >= 11 is 0. The Balaban J connectivity index is 0.000000598.